The molecule has 0 aromatic rings. The zero-order chi connectivity index (χ0) is 10.5. The van der Waals surface area contributed by atoms with E-state index in [1.54, 1.807) is 7.11 Å². The van der Waals surface area contributed by atoms with E-state index in [1.165, 1.54) is 0 Å². The fourth-order valence-electron chi connectivity index (χ4n) is 0.744. The molecule has 0 aromatic carbocycles. The van der Waals surface area contributed by atoms with Crippen LogP contribution in [0.1, 0.15) is 34.1 Å². The summed E-state index contributed by atoms with van der Waals surface area (Å²) in [6.45, 7) is 8.74. The fraction of sp³-hybridized carbons (Fsp3) is 1.00. The first kappa shape index (κ1) is 12.9. The zero-order valence-corrected chi connectivity index (χ0v) is 9.46. The van der Waals surface area contributed by atoms with Crippen LogP contribution >= 0.6 is 0 Å². The van der Waals surface area contributed by atoms with Crippen molar-refractivity contribution in [2.45, 2.75) is 51.9 Å². The van der Waals surface area contributed by atoms with Crippen LogP contribution in [0.2, 0.25) is 0 Å². The molecule has 0 fully saturated rings. The molecular weight excluding hydrogens is 166 g/mol. The molecule has 0 aliphatic heterocycles. The highest BCUT2D eigenvalue weighted by Gasteiger charge is 2.17. The molecular formula is C10H23NO2. The molecule has 0 radical (unpaired) electrons. The standard InChI is InChI=1S/C10H23NO2/c1-8(11)9(2)13-7-6-10(3,4)12-5/h8-9H,6-7,11H2,1-5H3/t8-,9?/m0/s1. The number of ether oxygens (including phenoxy) is 2. The van der Waals surface area contributed by atoms with Crippen molar-refractivity contribution in [2.24, 2.45) is 5.73 Å². The number of rotatable bonds is 6. The van der Waals surface area contributed by atoms with E-state index in [4.69, 9.17) is 15.2 Å². The van der Waals surface area contributed by atoms with Crippen LogP contribution in [0.15, 0.2) is 0 Å². The summed E-state index contributed by atoms with van der Waals surface area (Å²) in [7, 11) is 1.72. The van der Waals surface area contributed by atoms with E-state index in [2.05, 4.69) is 0 Å². The van der Waals surface area contributed by atoms with Crippen molar-refractivity contribution in [3.05, 3.63) is 0 Å². The molecule has 3 nitrogen and oxygen atoms in total. The van der Waals surface area contributed by atoms with Crippen molar-refractivity contribution in [2.75, 3.05) is 13.7 Å². The number of methoxy groups -OCH3 is 1. The van der Waals surface area contributed by atoms with E-state index < -0.39 is 0 Å². The lowest BCUT2D eigenvalue weighted by Crippen LogP contribution is -2.33. The van der Waals surface area contributed by atoms with Crippen LogP contribution in [0.25, 0.3) is 0 Å². The Morgan fingerprint density at radius 1 is 1.31 bits per heavy atom. The summed E-state index contributed by atoms with van der Waals surface area (Å²) >= 11 is 0. The van der Waals surface area contributed by atoms with Gasteiger partial charge in [0, 0.05) is 19.8 Å². The van der Waals surface area contributed by atoms with Crippen LogP contribution in [0.4, 0.5) is 0 Å². The third-order valence-corrected chi connectivity index (χ3v) is 2.38. The summed E-state index contributed by atoms with van der Waals surface area (Å²) < 4.78 is 10.8. The molecule has 0 saturated heterocycles. The van der Waals surface area contributed by atoms with Gasteiger partial charge in [-0.15, -0.1) is 0 Å². The Hall–Kier alpha value is -0.120. The zero-order valence-electron chi connectivity index (χ0n) is 9.46. The van der Waals surface area contributed by atoms with E-state index >= 15 is 0 Å². The van der Waals surface area contributed by atoms with Gasteiger partial charge >= 0.3 is 0 Å². The largest absolute Gasteiger partial charge is 0.379 e. The molecule has 0 spiro atoms. The van der Waals surface area contributed by atoms with E-state index in [-0.39, 0.29) is 17.7 Å². The highest BCUT2D eigenvalue weighted by molar-refractivity contribution is 4.68. The van der Waals surface area contributed by atoms with Gasteiger partial charge < -0.3 is 15.2 Å². The predicted octanol–water partition coefficient (Wildman–Crippen LogP) is 1.55. The van der Waals surface area contributed by atoms with Crippen molar-refractivity contribution in [1.29, 1.82) is 0 Å². The van der Waals surface area contributed by atoms with Crippen LogP contribution < -0.4 is 5.73 Å². The molecule has 2 atom stereocenters. The third kappa shape index (κ3) is 6.02. The minimum Gasteiger partial charge on any atom is -0.379 e. The second-order valence-electron chi connectivity index (χ2n) is 4.15. The van der Waals surface area contributed by atoms with Crippen LogP contribution in [0.5, 0.6) is 0 Å². The smallest absolute Gasteiger partial charge is 0.0695 e. The minimum absolute atomic E-state index is 0.0886. The summed E-state index contributed by atoms with van der Waals surface area (Å²) in [6, 6.07) is 0.0886. The van der Waals surface area contributed by atoms with Gasteiger partial charge in [0.15, 0.2) is 0 Å². The van der Waals surface area contributed by atoms with Crippen molar-refractivity contribution in [3.63, 3.8) is 0 Å². The highest BCUT2D eigenvalue weighted by atomic mass is 16.5. The van der Waals surface area contributed by atoms with Gasteiger partial charge in [0.2, 0.25) is 0 Å². The lowest BCUT2D eigenvalue weighted by Gasteiger charge is -2.24. The summed E-state index contributed by atoms with van der Waals surface area (Å²) in [4.78, 5) is 0. The first-order chi connectivity index (χ1) is 5.89. The Morgan fingerprint density at radius 2 is 1.85 bits per heavy atom. The molecule has 0 aliphatic carbocycles. The average Bonchev–Trinajstić information content (AvgIpc) is 2.04. The quantitative estimate of drug-likeness (QED) is 0.689. The Balaban J connectivity index is 3.56. The van der Waals surface area contributed by atoms with Gasteiger partial charge in [-0.25, -0.2) is 0 Å². The molecule has 1 unspecified atom stereocenters. The summed E-state index contributed by atoms with van der Waals surface area (Å²) in [5, 5.41) is 0. The molecule has 0 aliphatic rings. The maximum atomic E-state index is 5.66. The Bertz CT molecular complexity index is 135. The van der Waals surface area contributed by atoms with Gasteiger partial charge in [-0.3, -0.25) is 0 Å². The van der Waals surface area contributed by atoms with Crippen molar-refractivity contribution >= 4 is 0 Å². The van der Waals surface area contributed by atoms with Crippen molar-refractivity contribution < 1.29 is 9.47 Å². The molecule has 0 saturated carbocycles. The normalized spacial score (nSPS) is 17.1. The second-order valence-corrected chi connectivity index (χ2v) is 4.15. The Kier molecular flexibility index (Phi) is 5.53. The molecule has 13 heavy (non-hydrogen) atoms. The molecule has 0 aromatic heterocycles. The molecule has 3 heteroatoms. The van der Waals surface area contributed by atoms with Gasteiger partial charge in [0.25, 0.3) is 0 Å². The van der Waals surface area contributed by atoms with Gasteiger partial charge in [-0.1, -0.05) is 0 Å². The summed E-state index contributed by atoms with van der Waals surface area (Å²) in [5.74, 6) is 0. The highest BCUT2D eigenvalue weighted by Crippen LogP contribution is 2.13. The van der Waals surface area contributed by atoms with Crippen LogP contribution in [-0.4, -0.2) is 31.5 Å². The van der Waals surface area contributed by atoms with E-state index in [0.29, 0.717) is 6.61 Å². The molecule has 0 amide bonds. The van der Waals surface area contributed by atoms with Gasteiger partial charge in [0.05, 0.1) is 11.7 Å². The Labute approximate surface area is 81.6 Å². The SMILES string of the molecule is COC(C)(C)CCOC(C)[C@H](C)N. The average molecular weight is 189 g/mol. The number of hydrogen-bond donors (Lipinski definition) is 1. The van der Waals surface area contributed by atoms with E-state index in [9.17, 15) is 0 Å². The second kappa shape index (κ2) is 5.58. The van der Waals surface area contributed by atoms with Crippen molar-refractivity contribution in [1.82, 2.24) is 0 Å². The first-order valence-electron chi connectivity index (χ1n) is 4.81. The first-order valence-corrected chi connectivity index (χ1v) is 4.81. The molecule has 0 rings (SSSR count). The third-order valence-electron chi connectivity index (χ3n) is 2.38. The van der Waals surface area contributed by atoms with E-state index in [1.807, 2.05) is 27.7 Å². The molecule has 0 bridgehead atoms. The maximum absolute atomic E-state index is 5.66. The summed E-state index contributed by atoms with van der Waals surface area (Å²) in [5.41, 5.74) is 5.56. The van der Waals surface area contributed by atoms with E-state index in [0.717, 1.165) is 6.42 Å². The van der Waals surface area contributed by atoms with Crippen LogP contribution in [-0.2, 0) is 9.47 Å². The van der Waals surface area contributed by atoms with Gasteiger partial charge in [-0.2, -0.15) is 0 Å². The van der Waals surface area contributed by atoms with Gasteiger partial charge in [0.1, 0.15) is 0 Å². The monoisotopic (exact) mass is 189 g/mol. The maximum Gasteiger partial charge on any atom is 0.0695 e. The topological polar surface area (TPSA) is 44.5 Å². The van der Waals surface area contributed by atoms with Crippen LogP contribution in [0, 0.1) is 0 Å². The van der Waals surface area contributed by atoms with Gasteiger partial charge in [-0.05, 0) is 34.1 Å². The number of nitrogens with two attached hydrogens (primary N) is 1. The lowest BCUT2D eigenvalue weighted by atomic mass is 10.1. The molecule has 2 N–H and O–H groups in total. The lowest BCUT2D eigenvalue weighted by molar-refractivity contribution is -0.0267. The Morgan fingerprint density at radius 3 is 2.23 bits per heavy atom. The predicted molar refractivity (Wildman–Crippen MR) is 54.8 cm³/mol. The van der Waals surface area contributed by atoms with Crippen LogP contribution in [0.3, 0.4) is 0 Å². The number of hydrogen-bond acceptors (Lipinski definition) is 3. The van der Waals surface area contributed by atoms with Crippen molar-refractivity contribution in [3.8, 4) is 0 Å². The fourth-order valence-corrected chi connectivity index (χ4v) is 0.744. The minimum atomic E-state index is -0.0996. The summed E-state index contributed by atoms with van der Waals surface area (Å²) in [6.07, 6.45) is 1.01. The molecule has 80 valence electrons. The molecule has 0 heterocycles.